The molecule has 2 aromatic heterocycles. The molecule has 0 spiro atoms. The molecule has 3 rings (SSSR count). The van der Waals surface area contributed by atoms with Crippen molar-refractivity contribution in [2.24, 2.45) is 0 Å². The fourth-order valence-corrected chi connectivity index (χ4v) is 2.84. The molecule has 1 aromatic carbocycles. The quantitative estimate of drug-likeness (QED) is 0.777. The molecule has 4 nitrogen and oxygen atoms in total. The fraction of sp³-hybridized carbons (Fsp3) is 0.222. The molecule has 0 bridgehead atoms. The molecule has 0 aliphatic heterocycles. The number of rotatable bonds is 4. The first-order chi connectivity index (χ1) is 11.1. The van der Waals surface area contributed by atoms with Crippen LogP contribution in [0.4, 0.5) is 4.39 Å². The lowest BCUT2D eigenvalue weighted by Crippen LogP contribution is -2.26. The lowest BCUT2D eigenvalue weighted by molar-refractivity contribution is 0.0949. The Kier molecular flexibility index (Phi) is 4.10. The number of halogens is 1. The Morgan fingerprint density at radius 3 is 2.83 bits per heavy atom. The van der Waals surface area contributed by atoms with Gasteiger partial charge in [-0.1, -0.05) is 12.1 Å². The normalized spacial score (nSPS) is 10.9. The average molecular weight is 311 g/mol. The summed E-state index contributed by atoms with van der Waals surface area (Å²) in [6, 6.07) is 8.47. The van der Waals surface area contributed by atoms with Gasteiger partial charge in [-0.2, -0.15) is 0 Å². The number of amides is 1. The molecule has 0 saturated carbocycles. The minimum atomic E-state index is -0.252. The number of carbonyl (C=O) groups is 1. The van der Waals surface area contributed by atoms with Crippen LogP contribution in [0.2, 0.25) is 0 Å². The maximum absolute atomic E-state index is 13.9. The molecule has 3 aromatic rings. The van der Waals surface area contributed by atoms with E-state index in [4.69, 9.17) is 0 Å². The predicted molar refractivity (Wildman–Crippen MR) is 88.0 cm³/mol. The second-order valence-corrected chi connectivity index (χ2v) is 5.56. The van der Waals surface area contributed by atoms with E-state index < -0.39 is 0 Å². The number of hydrogen-bond acceptors (Lipinski definition) is 2. The molecule has 0 radical (unpaired) electrons. The monoisotopic (exact) mass is 311 g/mol. The van der Waals surface area contributed by atoms with Crippen LogP contribution in [0, 0.1) is 19.7 Å². The summed E-state index contributed by atoms with van der Waals surface area (Å²) in [5.74, 6) is -0.455. The van der Waals surface area contributed by atoms with Crippen molar-refractivity contribution in [3.63, 3.8) is 0 Å². The minimum Gasteiger partial charge on any atom is -0.356 e. The standard InChI is InChI=1S/C18H18FN3O/c1-11-6-7-14(19)17-16(11)13(12(2)22-17)8-10-21-18(23)15-5-3-4-9-20-15/h3-7,9,22H,8,10H2,1-2H3,(H,21,23). The molecule has 23 heavy (non-hydrogen) atoms. The van der Waals surface area contributed by atoms with Gasteiger partial charge in [0, 0.05) is 23.8 Å². The van der Waals surface area contributed by atoms with Gasteiger partial charge in [-0.3, -0.25) is 9.78 Å². The van der Waals surface area contributed by atoms with Crippen molar-refractivity contribution in [2.45, 2.75) is 20.3 Å². The molecule has 2 heterocycles. The summed E-state index contributed by atoms with van der Waals surface area (Å²) in [4.78, 5) is 19.1. The Hall–Kier alpha value is -2.69. The number of benzene rings is 1. The molecule has 5 heteroatoms. The second-order valence-electron chi connectivity index (χ2n) is 5.56. The zero-order chi connectivity index (χ0) is 16.4. The van der Waals surface area contributed by atoms with Gasteiger partial charge in [-0.15, -0.1) is 0 Å². The van der Waals surface area contributed by atoms with E-state index in [-0.39, 0.29) is 11.7 Å². The highest BCUT2D eigenvalue weighted by Crippen LogP contribution is 2.27. The Morgan fingerprint density at radius 1 is 1.26 bits per heavy atom. The van der Waals surface area contributed by atoms with Crippen LogP contribution >= 0.6 is 0 Å². The Bertz CT molecular complexity index is 856. The van der Waals surface area contributed by atoms with Gasteiger partial charge in [0.2, 0.25) is 0 Å². The second kappa shape index (κ2) is 6.20. The number of aromatic nitrogens is 2. The van der Waals surface area contributed by atoms with Crippen LogP contribution in [0.5, 0.6) is 0 Å². The zero-order valence-corrected chi connectivity index (χ0v) is 13.1. The zero-order valence-electron chi connectivity index (χ0n) is 13.1. The van der Waals surface area contributed by atoms with Gasteiger partial charge in [0.25, 0.3) is 5.91 Å². The first-order valence-electron chi connectivity index (χ1n) is 7.53. The Morgan fingerprint density at radius 2 is 2.09 bits per heavy atom. The highest BCUT2D eigenvalue weighted by Gasteiger charge is 2.14. The molecule has 2 N–H and O–H groups in total. The van der Waals surface area contributed by atoms with Gasteiger partial charge >= 0.3 is 0 Å². The molecule has 0 fully saturated rings. The molecule has 0 aliphatic rings. The molecule has 0 unspecified atom stereocenters. The third-order valence-electron chi connectivity index (χ3n) is 3.99. The summed E-state index contributed by atoms with van der Waals surface area (Å²) < 4.78 is 13.9. The molecule has 1 amide bonds. The van der Waals surface area contributed by atoms with Crippen molar-refractivity contribution in [2.75, 3.05) is 6.54 Å². The summed E-state index contributed by atoms with van der Waals surface area (Å²) in [7, 11) is 0. The van der Waals surface area contributed by atoms with Crippen LogP contribution in [-0.4, -0.2) is 22.4 Å². The molecule has 0 aliphatic carbocycles. The van der Waals surface area contributed by atoms with Crippen LogP contribution < -0.4 is 5.32 Å². The molecular weight excluding hydrogens is 293 g/mol. The van der Waals surface area contributed by atoms with Crippen LogP contribution in [-0.2, 0) is 6.42 Å². The van der Waals surface area contributed by atoms with Gasteiger partial charge in [-0.25, -0.2) is 4.39 Å². The van der Waals surface area contributed by atoms with Crippen molar-refractivity contribution in [3.05, 3.63) is 64.9 Å². The van der Waals surface area contributed by atoms with Crippen LogP contribution in [0.15, 0.2) is 36.5 Å². The highest BCUT2D eigenvalue weighted by molar-refractivity contribution is 5.92. The number of H-pyrrole nitrogens is 1. The van der Waals surface area contributed by atoms with Crippen molar-refractivity contribution in [1.29, 1.82) is 0 Å². The number of nitrogens with one attached hydrogen (secondary N) is 2. The van der Waals surface area contributed by atoms with E-state index in [1.807, 2.05) is 13.8 Å². The van der Waals surface area contributed by atoms with Crippen molar-refractivity contribution in [3.8, 4) is 0 Å². The number of aryl methyl sites for hydroxylation is 2. The van der Waals surface area contributed by atoms with Crippen LogP contribution in [0.1, 0.15) is 27.3 Å². The molecule has 0 atom stereocenters. The summed E-state index contributed by atoms with van der Waals surface area (Å²) in [5.41, 5.74) is 3.93. The Balaban J connectivity index is 1.76. The van der Waals surface area contributed by atoms with Crippen LogP contribution in [0.3, 0.4) is 0 Å². The number of hydrogen-bond donors (Lipinski definition) is 2. The maximum atomic E-state index is 13.9. The SMILES string of the molecule is Cc1[nH]c2c(F)ccc(C)c2c1CCNC(=O)c1ccccn1. The lowest BCUT2D eigenvalue weighted by Gasteiger charge is -2.06. The Labute approximate surface area is 133 Å². The third-order valence-corrected chi connectivity index (χ3v) is 3.99. The highest BCUT2D eigenvalue weighted by atomic mass is 19.1. The first-order valence-corrected chi connectivity index (χ1v) is 7.53. The van der Waals surface area contributed by atoms with Crippen molar-refractivity contribution in [1.82, 2.24) is 15.3 Å². The van der Waals surface area contributed by atoms with E-state index in [9.17, 15) is 9.18 Å². The topological polar surface area (TPSA) is 57.8 Å². The predicted octanol–water partition coefficient (Wildman–Crippen LogP) is 3.29. The van der Waals surface area contributed by atoms with E-state index >= 15 is 0 Å². The van der Waals surface area contributed by atoms with Gasteiger partial charge in [0.15, 0.2) is 0 Å². The van der Waals surface area contributed by atoms with Gasteiger partial charge in [-0.05, 0) is 49.6 Å². The average Bonchev–Trinajstić information content (AvgIpc) is 2.90. The van der Waals surface area contributed by atoms with E-state index in [0.29, 0.717) is 24.2 Å². The fourth-order valence-electron chi connectivity index (χ4n) is 2.84. The van der Waals surface area contributed by atoms with Gasteiger partial charge in [0.05, 0.1) is 5.52 Å². The summed E-state index contributed by atoms with van der Waals surface area (Å²) in [6.07, 6.45) is 2.22. The number of aromatic amines is 1. The van der Waals surface area contributed by atoms with Crippen molar-refractivity contribution >= 4 is 16.8 Å². The summed E-state index contributed by atoms with van der Waals surface area (Å²) >= 11 is 0. The first kappa shape index (κ1) is 15.2. The van der Waals surface area contributed by atoms with Crippen molar-refractivity contribution < 1.29 is 9.18 Å². The molecular formula is C18H18FN3O. The molecule has 118 valence electrons. The number of pyridine rings is 1. The number of nitrogens with zero attached hydrogens (tertiary/aromatic N) is 1. The van der Waals surface area contributed by atoms with E-state index in [1.165, 1.54) is 6.07 Å². The summed E-state index contributed by atoms with van der Waals surface area (Å²) in [5, 5.41) is 3.77. The largest absolute Gasteiger partial charge is 0.356 e. The number of carbonyl (C=O) groups excluding carboxylic acids is 1. The van der Waals surface area contributed by atoms with E-state index in [0.717, 1.165) is 22.2 Å². The smallest absolute Gasteiger partial charge is 0.269 e. The number of fused-ring (bicyclic) bond motifs is 1. The van der Waals surface area contributed by atoms with Gasteiger partial charge in [0.1, 0.15) is 11.5 Å². The third kappa shape index (κ3) is 2.95. The maximum Gasteiger partial charge on any atom is 0.269 e. The minimum absolute atomic E-state index is 0.203. The van der Waals surface area contributed by atoms with Crippen LogP contribution in [0.25, 0.3) is 10.9 Å². The lowest BCUT2D eigenvalue weighted by atomic mass is 10.0. The van der Waals surface area contributed by atoms with E-state index in [1.54, 1.807) is 30.5 Å². The van der Waals surface area contributed by atoms with E-state index in [2.05, 4.69) is 15.3 Å². The summed E-state index contributed by atoms with van der Waals surface area (Å²) in [6.45, 7) is 4.36. The molecule has 0 saturated heterocycles. The van der Waals surface area contributed by atoms with Gasteiger partial charge < -0.3 is 10.3 Å².